The van der Waals surface area contributed by atoms with Crippen LogP contribution < -0.4 is 20.5 Å². The lowest BCUT2D eigenvalue weighted by Gasteiger charge is -2.27. The Labute approximate surface area is 167 Å². The molecule has 0 aliphatic carbocycles. The van der Waals surface area contributed by atoms with Crippen LogP contribution in [0.5, 0.6) is 11.5 Å². The molecule has 3 N–H and O–H groups in total. The molecule has 2 aliphatic heterocycles. The molecule has 8 heteroatoms. The number of fused-ring (bicyclic) bond motifs is 2. The summed E-state index contributed by atoms with van der Waals surface area (Å²) in [6.07, 6.45) is 0. The van der Waals surface area contributed by atoms with Crippen molar-refractivity contribution in [2.45, 2.75) is 19.9 Å². The summed E-state index contributed by atoms with van der Waals surface area (Å²) in [5.74, 6) is 1.89. The highest BCUT2D eigenvalue weighted by molar-refractivity contribution is 5.95. The van der Waals surface area contributed by atoms with E-state index in [1.165, 1.54) is 0 Å². The van der Waals surface area contributed by atoms with Crippen molar-refractivity contribution in [1.82, 2.24) is 14.8 Å². The Morgan fingerprint density at radius 2 is 1.90 bits per heavy atom. The van der Waals surface area contributed by atoms with Crippen molar-refractivity contribution in [3.05, 3.63) is 64.9 Å². The fraction of sp³-hybridized carbons (Fsp3) is 0.190. The Bertz CT molecular complexity index is 1160. The molecular formula is C21H19N5O3. The molecule has 2 aliphatic rings. The van der Waals surface area contributed by atoms with Crippen molar-refractivity contribution in [2.24, 2.45) is 5.73 Å². The second-order valence-corrected chi connectivity index (χ2v) is 7.11. The number of allylic oxidation sites excluding steroid dienone is 1. The lowest BCUT2D eigenvalue weighted by atomic mass is 9.95. The quantitative estimate of drug-likeness (QED) is 0.714. The van der Waals surface area contributed by atoms with E-state index < -0.39 is 11.9 Å². The molecule has 3 aromatic rings. The summed E-state index contributed by atoms with van der Waals surface area (Å²) in [6, 6.07) is 13.0. The molecule has 3 heterocycles. The number of benzene rings is 2. The van der Waals surface area contributed by atoms with Crippen LogP contribution in [0.25, 0.3) is 11.4 Å². The second-order valence-electron chi connectivity index (χ2n) is 7.11. The van der Waals surface area contributed by atoms with Gasteiger partial charge in [-0.1, -0.05) is 35.9 Å². The Hall–Kier alpha value is -3.81. The van der Waals surface area contributed by atoms with Gasteiger partial charge in [0, 0.05) is 11.3 Å². The van der Waals surface area contributed by atoms with Crippen molar-refractivity contribution in [2.75, 3.05) is 12.1 Å². The first-order valence-electron chi connectivity index (χ1n) is 9.22. The third-order valence-corrected chi connectivity index (χ3v) is 5.14. The van der Waals surface area contributed by atoms with Crippen LogP contribution >= 0.6 is 0 Å². The van der Waals surface area contributed by atoms with Crippen molar-refractivity contribution in [3.8, 4) is 22.9 Å². The molecule has 1 amide bonds. The molecule has 0 unspecified atom stereocenters. The number of rotatable bonds is 3. The van der Waals surface area contributed by atoms with Crippen molar-refractivity contribution in [3.63, 3.8) is 0 Å². The topological polar surface area (TPSA) is 104 Å². The number of aryl methyl sites for hydroxylation is 1. The van der Waals surface area contributed by atoms with Gasteiger partial charge in [-0.3, -0.25) is 4.79 Å². The summed E-state index contributed by atoms with van der Waals surface area (Å²) in [4.78, 5) is 17.0. The van der Waals surface area contributed by atoms with Gasteiger partial charge in [-0.15, -0.1) is 5.10 Å². The molecule has 146 valence electrons. The van der Waals surface area contributed by atoms with Crippen molar-refractivity contribution >= 4 is 11.9 Å². The average Bonchev–Trinajstić information content (AvgIpc) is 3.33. The molecule has 0 fully saturated rings. The zero-order chi connectivity index (χ0) is 20.1. The predicted molar refractivity (Wildman–Crippen MR) is 106 cm³/mol. The van der Waals surface area contributed by atoms with E-state index in [0.717, 1.165) is 16.7 Å². The summed E-state index contributed by atoms with van der Waals surface area (Å²) in [5, 5.41) is 7.86. The SMILES string of the molecule is CC1=C(C(N)=O)[C@@H](c2ccc3c(c2)OCO3)n2nc(-c3ccc(C)cc3)nc2N1. The molecule has 2 aromatic carbocycles. The molecule has 0 saturated carbocycles. The Balaban J connectivity index is 1.66. The maximum atomic E-state index is 12.3. The number of hydrogen-bond donors (Lipinski definition) is 2. The van der Waals surface area contributed by atoms with Gasteiger partial charge < -0.3 is 20.5 Å². The van der Waals surface area contributed by atoms with E-state index >= 15 is 0 Å². The van der Waals surface area contributed by atoms with Gasteiger partial charge in [0.15, 0.2) is 17.3 Å². The van der Waals surface area contributed by atoms with E-state index in [1.807, 2.05) is 56.3 Å². The standard InChI is InChI=1S/C21H19N5O3/c1-11-3-5-13(6-4-11)20-24-21-23-12(2)17(19(22)27)18(26(21)25-20)14-7-8-15-16(9-14)29-10-28-15/h3-9,18H,10H2,1-2H3,(H2,22,27)(H,23,24,25)/t18-/m1/s1. The van der Waals surface area contributed by atoms with Gasteiger partial charge in [0.05, 0.1) is 5.57 Å². The molecule has 5 rings (SSSR count). The van der Waals surface area contributed by atoms with Crippen LogP contribution in [-0.4, -0.2) is 27.5 Å². The molecule has 0 saturated heterocycles. The van der Waals surface area contributed by atoms with E-state index in [9.17, 15) is 4.79 Å². The maximum Gasteiger partial charge on any atom is 0.248 e. The lowest BCUT2D eigenvalue weighted by Crippen LogP contribution is -2.31. The maximum absolute atomic E-state index is 12.3. The van der Waals surface area contributed by atoms with E-state index in [0.29, 0.717) is 34.5 Å². The van der Waals surface area contributed by atoms with Gasteiger partial charge in [0.2, 0.25) is 18.6 Å². The van der Waals surface area contributed by atoms with E-state index in [1.54, 1.807) is 4.68 Å². The first-order chi connectivity index (χ1) is 14.0. The minimum absolute atomic E-state index is 0.175. The smallest absolute Gasteiger partial charge is 0.248 e. The second kappa shape index (κ2) is 6.37. The normalized spacial score (nSPS) is 17.1. The number of anilines is 1. The lowest BCUT2D eigenvalue weighted by molar-refractivity contribution is -0.115. The summed E-state index contributed by atoms with van der Waals surface area (Å²) in [5.41, 5.74) is 9.67. The van der Waals surface area contributed by atoms with Gasteiger partial charge in [0.1, 0.15) is 6.04 Å². The van der Waals surface area contributed by atoms with Gasteiger partial charge in [0.25, 0.3) is 0 Å². The Morgan fingerprint density at radius 3 is 2.66 bits per heavy atom. The number of amides is 1. The van der Waals surface area contributed by atoms with Crippen molar-refractivity contribution in [1.29, 1.82) is 0 Å². The number of aromatic nitrogens is 3. The zero-order valence-electron chi connectivity index (χ0n) is 16.0. The summed E-state index contributed by atoms with van der Waals surface area (Å²) in [6.45, 7) is 4.01. The first-order valence-corrected chi connectivity index (χ1v) is 9.22. The van der Waals surface area contributed by atoms with Crippen LogP contribution in [0.4, 0.5) is 5.95 Å². The monoisotopic (exact) mass is 389 g/mol. The van der Waals surface area contributed by atoms with Crippen LogP contribution in [0.1, 0.15) is 24.1 Å². The number of nitrogens with one attached hydrogen (secondary N) is 1. The van der Waals surface area contributed by atoms with Gasteiger partial charge >= 0.3 is 0 Å². The van der Waals surface area contributed by atoms with E-state index in [4.69, 9.17) is 20.3 Å². The minimum Gasteiger partial charge on any atom is -0.454 e. The molecule has 0 radical (unpaired) electrons. The third kappa shape index (κ3) is 2.80. The number of ether oxygens (including phenoxy) is 2. The fourth-order valence-electron chi connectivity index (χ4n) is 3.69. The summed E-state index contributed by atoms with van der Waals surface area (Å²) >= 11 is 0. The molecule has 0 spiro atoms. The fourth-order valence-corrected chi connectivity index (χ4v) is 3.69. The van der Waals surface area contributed by atoms with E-state index in [-0.39, 0.29) is 6.79 Å². The molecule has 1 aromatic heterocycles. The van der Waals surface area contributed by atoms with Crippen molar-refractivity contribution < 1.29 is 14.3 Å². The molecular weight excluding hydrogens is 370 g/mol. The Kier molecular flexibility index (Phi) is 3.80. The highest BCUT2D eigenvalue weighted by Gasteiger charge is 2.34. The predicted octanol–water partition coefficient (Wildman–Crippen LogP) is 2.76. The Morgan fingerprint density at radius 1 is 1.14 bits per heavy atom. The van der Waals surface area contributed by atoms with Gasteiger partial charge in [-0.25, -0.2) is 4.68 Å². The molecule has 1 atom stereocenters. The number of carbonyl (C=O) groups excluding carboxylic acids is 1. The molecule has 8 nitrogen and oxygen atoms in total. The largest absolute Gasteiger partial charge is 0.454 e. The van der Waals surface area contributed by atoms with Crippen LogP contribution in [0.3, 0.4) is 0 Å². The van der Waals surface area contributed by atoms with Crippen LogP contribution in [0.2, 0.25) is 0 Å². The third-order valence-electron chi connectivity index (χ3n) is 5.14. The number of hydrogen-bond acceptors (Lipinski definition) is 6. The van der Waals surface area contributed by atoms with Crippen LogP contribution in [0.15, 0.2) is 53.7 Å². The van der Waals surface area contributed by atoms with Crippen LogP contribution in [0, 0.1) is 6.92 Å². The van der Waals surface area contributed by atoms with Crippen LogP contribution in [-0.2, 0) is 4.79 Å². The highest BCUT2D eigenvalue weighted by atomic mass is 16.7. The minimum atomic E-state index is -0.523. The molecule has 29 heavy (non-hydrogen) atoms. The number of nitrogens with two attached hydrogens (primary N) is 1. The average molecular weight is 389 g/mol. The number of carbonyl (C=O) groups is 1. The number of primary amides is 1. The highest BCUT2D eigenvalue weighted by Crippen LogP contribution is 2.40. The van der Waals surface area contributed by atoms with Gasteiger partial charge in [-0.2, -0.15) is 4.98 Å². The first kappa shape index (κ1) is 17.3. The number of nitrogens with zero attached hydrogens (tertiary/aromatic N) is 3. The van der Waals surface area contributed by atoms with E-state index in [2.05, 4.69) is 10.3 Å². The zero-order valence-corrected chi connectivity index (χ0v) is 16.0. The summed E-state index contributed by atoms with van der Waals surface area (Å²) in [7, 11) is 0. The molecule has 0 bridgehead atoms. The van der Waals surface area contributed by atoms with Gasteiger partial charge in [-0.05, 0) is 31.5 Å². The summed E-state index contributed by atoms with van der Waals surface area (Å²) < 4.78 is 12.6.